The third-order valence-electron chi connectivity index (χ3n) is 4.81. The van der Waals surface area contributed by atoms with E-state index in [4.69, 9.17) is 0 Å². The molecule has 3 rings (SSSR count). The van der Waals surface area contributed by atoms with Crippen molar-refractivity contribution in [3.05, 3.63) is 65.5 Å². The first-order valence-electron chi connectivity index (χ1n) is 8.93. The molecule has 0 spiro atoms. The number of rotatable bonds is 6. The topological polar surface area (TPSA) is 40.6 Å². The van der Waals surface area contributed by atoms with Gasteiger partial charge in [0.2, 0.25) is 11.8 Å². The molecule has 2 amide bonds. The van der Waals surface area contributed by atoms with Crippen molar-refractivity contribution >= 4 is 17.5 Å². The number of para-hydroxylation sites is 1. The van der Waals surface area contributed by atoms with Gasteiger partial charge in [0.25, 0.3) is 0 Å². The molecule has 1 aliphatic rings. The first-order chi connectivity index (χ1) is 12.5. The molecule has 0 N–H and O–H groups in total. The van der Waals surface area contributed by atoms with E-state index in [0.717, 1.165) is 17.7 Å². The van der Waals surface area contributed by atoms with Gasteiger partial charge in [0.15, 0.2) is 0 Å². The van der Waals surface area contributed by atoms with Crippen LogP contribution in [0.4, 0.5) is 10.1 Å². The largest absolute Gasteiger partial charge is 0.342 e. The summed E-state index contributed by atoms with van der Waals surface area (Å²) in [5.41, 5.74) is 3.15. The number of hydrogen-bond acceptors (Lipinski definition) is 2. The van der Waals surface area contributed by atoms with Crippen LogP contribution in [0.1, 0.15) is 24.5 Å². The normalized spacial score (nSPS) is 12.8. The van der Waals surface area contributed by atoms with Crippen LogP contribution in [0.25, 0.3) is 0 Å². The molecule has 5 heteroatoms. The van der Waals surface area contributed by atoms with E-state index in [2.05, 4.69) is 0 Å². The van der Waals surface area contributed by atoms with Crippen molar-refractivity contribution < 1.29 is 14.0 Å². The molecule has 4 nitrogen and oxygen atoms in total. The second-order valence-electron chi connectivity index (χ2n) is 6.56. The Morgan fingerprint density at radius 3 is 2.54 bits per heavy atom. The summed E-state index contributed by atoms with van der Waals surface area (Å²) in [5, 5.41) is 0. The summed E-state index contributed by atoms with van der Waals surface area (Å²) in [6.07, 6.45) is 1.82. The third-order valence-corrected chi connectivity index (χ3v) is 4.81. The fourth-order valence-corrected chi connectivity index (χ4v) is 3.30. The Labute approximate surface area is 153 Å². The molecule has 0 radical (unpaired) electrons. The number of anilines is 1. The van der Waals surface area contributed by atoms with E-state index >= 15 is 0 Å². The molecule has 0 aliphatic carbocycles. The zero-order valence-electron chi connectivity index (χ0n) is 15.0. The zero-order chi connectivity index (χ0) is 18.5. The van der Waals surface area contributed by atoms with Crippen LogP contribution in [0.5, 0.6) is 0 Å². The quantitative estimate of drug-likeness (QED) is 0.799. The van der Waals surface area contributed by atoms with Crippen molar-refractivity contribution in [3.63, 3.8) is 0 Å². The fourth-order valence-electron chi connectivity index (χ4n) is 3.30. The third kappa shape index (κ3) is 4.28. The SMILES string of the molecule is CC(=O)N(CCC(=O)N1CCc2ccccc21)CCc1ccc(F)cc1. The molecule has 0 unspecified atom stereocenters. The molecule has 136 valence electrons. The van der Waals surface area contributed by atoms with Gasteiger partial charge in [0.1, 0.15) is 5.82 Å². The van der Waals surface area contributed by atoms with E-state index in [0.29, 0.717) is 32.5 Å². The lowest BCUT2D eigenvalue weighted by molar-refractivity contribution is -0.129. The average molecular weight is 354 g/mol. The van der Waals surface area contributed by atoms with E-state index in [-0.39, 0.29) is 17.6 Å². The molecule has 1 aliphatic heterocycles. The summed E-state index contributed by atoms with van der Waals surface area (Å²) in [5.74, 6) is -0.279. The average Bonchev–Trinajstić information content (AvgIpc) is 3.07. The predicted octanol–water partition coefficient (Wildman–Crippen LogP) is 3.20. The highest BCUT2D eigenvalue weighted by molar-refractivity contribution is 5.95. The highest BCUT2D eigenvalue weighted by Crippen LogP contribution is 2.27. The van der Waals surface area contributed by atoms with Gasteiger partial charge < -0.3 is 9.80 Å². The number of amides is 2. The van der Waals surface area contributed by atoms with Crippen LogP contribution in [0, 0.1) is 5.82 Å². The lowest BCUT2D eigenvalue weighted by atomic mass is 10.1. The number of carbonyl (C=O) groups excluding carboxylic acids is 2. The summed E-state index contributed by atoms with van der Waals surface area (Å²) in [7, 11) is 0. The second kappa shape index (κ2) is 8.13. The molecular formula is C21H23FN2O2. The van der Waals surface area contributed by atoms with Gasteiger partial charge in [-0.15, -0.1) is 0 Å². The van der Waals surface area contributed by atoms with Crippen molar-refractivity contribution in [2.45, 2.75) is 26.2 Å². The van der Waals surface area contributed by atoms with E-state index in [1.807, 2.05) is 29.2 Å². The van der Waals surface area contributed by atoms with Crippen molar-refractivity contribution in [1.29, 1.82) is 0 Å². The fraction of sp³-hybridized carbons (Fsp3) is 0.333. The summed E-state index contributed by atoms with van der Waals surface area (Å²) in [6, 6.07) is 14.2. The van der Waals surface area contributed by atoms with Gasteiger partial charge in [0.05, 0.1) is 0 Å². The van der Waals surface area contributed by atoms with Crippen molar-refractivity contribution in [3.8, 4) is 0 Å². The van der Waals surface area contributed by atoms with E-state index in [1.54, 1.807) is 17.0 Å². The highest BCUT2D eigenvalue weighted by atomic mass is 19.1. The molecule has 0 atom stereocenters. The maximum atomic E-state index is 13.0. The van der Waals surface area contributed by atoms with Crippen LogP contribution in [-0.2, 0) is 22.4 Å². The van der Waals surface area contributed by atoms with Gasteiger partial charge in [0, 0.05) is 38.7 Å². The Bertz CT molecular complexity index is 789. The molecule has 0 saturated heterocycles. The summed E-state index contributed by atoms with van der Waals surface area (Å²) < 4.78 is 13.0. The number of carbonyl (C=O) groups is 2. The van der Waals surface area contributed by atoms with Gasteiger partial charge >= 0.3 is 0 Å². The minimum Gasteiger partial charge on any atom is -0.342 e. The zero-order valence-corrected chi connectivity index (χ0v) is 15.0. The van der Waals surface area contributed by atoms with Gasteiger partial charge in [-0.2, -0.15) is 0 Å². The minimum absolute atomic E-state index is 0.0444. The van der Waals surface area contributed by atoms with Crippen molar-refractivity contribution in [2.24, 2.45) is 0 Å². The molecule has 2 aromatic rings. The molecule has 0 bridgehead atoms. The van der Waals surface area contributed by atoms with Gasteiger partial charge in [-0.1, -0.05) is 30.3 Å². The highest BCUT2D eigenvalue weighted by Gasteiger charge is 2.24. The Balaban J connectivity index is 1.54. The summed E-state index contributed by atoms with van der Waals surface area (Å²) in [4.78, 5) is 28.0. The Morgan fingerprint density at radius 2 is 1.81 bits per heavy atom. The number of fused-ring (bicyclic) bond motifs is 1. The van der Waals surface area contributed by atoms with Crippen LogP contribution in [0.2, 0.25) is 0 Å². The lowest BCUT2D eigenvalue weighted by Crippen LogP contribution is -2.36. The standard InChI is InChI=1S/C21H23FN2O2/c1-16(25)23(13-10-17-6-8-19(22)9-7-17)14-12-21(26)24-15-11-18-4-2-3-5-20(18)24/h2-9H,10-15H2,1H3. The molecular weight excluding hydrogens is 331 g/mol. The lowest BCUT2D eigenvalue weighted by Gasteiger charge is -2.23. The summed E-state index contributed by atoms with van der Waals surface area (Å²) in [6.45, 7) is 3.13. The monoisotopic (exact) mass is 354 g/mol. The van der Waals surface area contributed by atoms with Crippen LogP contribution < -0.4 is 4.90 Å². The van der Waals surface area contributed by atoms with Crippen molar-refractivity contribution in [1.82, 2.24) is 4.90 Å². The molecule has 0 aromatic heterocycles. The maximum Gasteiger partial charge on any atom is 0.228 e. The van der Waals surface area contributed by atoms with E-state index < -0.39 is 0 Å². The van der Waals surface area contributed by atoms with E-state index in [9.17, 15) is 14.0 Å². The van der Waals surface area contributed by atoms with Gasteiger partial charge in [-0.3, -0.25) is 9.59 Å². The number of benzene rings is 2. The Morgan fingerprint density at radius 1 is 1.08 bits per heavy atom. The molecule has 0 fully saturated rings. The number of halogens is 1. The molecule has 1 heterocycles. The first kappa shape index (κ1) is 18.1. The number of nitrogens with zero attached hydrogens (tertiary/aromatic N) is 2. The van der Waals surface area contributed by atoms with Crippen LogP contribution in [-0.4, -0.2) is 36.3 Å². The predicted molar refractivity (Wildman–Crippen MR) is 99.5 cm³/mol. The number of hydrogen-bond donors (Lipinski definition) is 0. The minimum atomic E-state index is -0.270. The van der Waals surface area contributed by atoms with Gasteiger partial charge in [-0.25, -0.2) is 4.39 Å². The summed E-state index contributed by atoms with van der Waals surface area (Å²) >= 11 is 0. The Kier molecular flexibility index (Phi) is 5.66. The van der Waals surface area contributed by atoms with Gasteiger partial charge in [-0.05, 0) is 42.2 Å². The second-order valence-corrected chi connectivity index (χ2v) is 6.56. The van der Waals surface area contributed by atoms with Crippen LogP contribution >= 0.6 is 0 Å². The first-order valence-corrected chi connectivity index (χ1v) is 8.93. The smallest absolute Gasteiger partial charge is 0.228 e. The molecule has 26 heavy (non-hydrogen) atoms. The van der Waals surface area contributed by atoms with Crippen LogP contribution in [0.3, 0.4) is 0 Å². The van der Waals surface area contributed by atoms with Crippen molar-refractivity contribution in [2.75, 3.05) is 24.5 Å². The molecule has 2 aromatic carbocycles. The maximum absolute atomic E-state index is 13.0. The Hall–Kier alpha value is -2.69. The van der Waals surface area contributed by atoms with Crippen LogP contribution in [0.15, 0.2) is 48.5 Å². The van der Waals surface area contributed by atoms with E-state index in [1.165, 1.54) is 24.6 Å². The molecule has 0 saturated carbocycles.